The van der Waals surface area contributed by atoms with Crippen LogP contribution >= 0.6 is 0 Å². The molecule has 0 aliphatic carbocycles. The fourth-order valence-electron chi connectivity index (χ4n) is 4.20. The Kier molecular flexibility index (Phi) is 5.73. The van der Waals surface area contributed by atoms with Gasteiger partial charge in [0.1, 0.15) is 5.56 Å². The Morgan fingerprint density at radius 1 is 1.06 bits per heavy atom. The standard InChI is InChI=1S/C24H19F4N5O3/c1-13-10-17(25)20-18(11-13)29-21(34)15-12-19(30-31-22(15)36-20)32-6-8-33(9-7-32)23(35)14-4-2-3-5-16(14)24(26,27)28/h2-5,10-12H,6-9H2,1H3,(H,29,34). The topological polar surface area (TPSA) is 87.7 Å². The second-order valence-corrected chi connectivity index (χ2v) is 8.42. The van der Waals surface area contributed by atoms with Gasteiger partial charge in [-0.2, -0.15) is 13.2 Å². The Morgan fingerprint density at radius 2 is 1.78 bits per heavy atom. The monoisotopic (exact) mass is 501 g/mol. The van der Waals surface area contributed by atoms with Crippen LogP contribution in [0.5, 0.6) is 11.6 Å². The molecule has 2 amide bonds. The van der Waals surface area contributed by atoms with Crippen LogP contribution in [0.25, 0.3) is 0 Å². The van der Waals surface area contributed by atoms with E-state index in [0.29, 0.717) is 11.4 Å². The predicted octanol–water partition coefficient (Wildman–Crippen LogP) is 4.26. The number of nitrogens with one attached hydrogen (secondary N) is 1. The van der Waals surface area contributed by atoms with Crippen LogP contribution in [0.15, 0.2) is 42.5 Å². The first kappa shape index (κ1) is 23.5. The second kappa shape index (κ2) is 8.77. The van der Waals surface area contributed by atoms with Crippen molar-refractivity contribution in [2.24, 2.45) is 0 Å². The maximum atomic E-state index is 14.4. The Bertz CT molecular complexity index is 1370. The van der Waals surface area contributed by atoms with Gasteiger partial charge in [0, 0.05) is 32.2 Å². The van der Waals surface area contributed by atoms with Crippen molar-refractivity contribution in [2.45, 2.75) is 13.1 Å². The van der Waals surface area contributed by atoms with E-state index < -0.39 is 34.9 Å². The van der Waals surface area contributed by atoms with E-state index in [1.807, 2.05) is 0 Å². The molecular formula is C24H19F4N5O3. The summed E-state index contributed by atoms with van der Waals surface area (Å²) in [6, 6.07) is 8.97. The van der Waals surface area contributed by atoms with Crippen LogP contribution in [0.4, 0.5) is 29.1 Å². The quantitative estimate of drug-likeness (QED) is 0.528. The minimum atomic E-state index is -4.64. The molecule has 8 nitrogen and oxygen atoms in total. The van der Waals surface area contributed by atoms with E-state index in [0.717, 1.165) is 12.1 Å². The van der Waals surface area contributed by atoms with Gasteiger partial charge in [-0.25, -0.2) is 4.39 Å². The van der Waals surface area contributed by atoms with Crippen LogP contribution < -0.4 is 15.0 Å². The third kappa shape index (κ3) is 4.30. The number of nitrogens with zero attached hydrogens (tertiary/aromatic N) is 4. The maximum absolute atomic E-state index is 14.4. The first-order valence-corrected chi connectivity index (χ1v) is 11.0. The summed E-state index contributed by atoms with van der Waals surface area (Å²) < 4.78 is 59.9. The van der Waals surface area contributed by atoms with E-state index in [4.69, 9.17) is 4.74 Å². The number of ether oxygens (including phenoxy) is 1. The number of piperazine rings is 1. The van der Waals surface area contributed by atoms with Crippen molar-refractivity contribution in [3.8, 4) is 11.6 Å². The van der Waals surface area contributed by atoms with Crippen molar-refractivity contribution in [1.29, 1.82) is 0 Å². The smallest absolute Gasteiger partial charge is 0.417 e. The van der Waals surface area contributed by atoms with E-state index in [1.54, 1.807) is 17.9 Å². The molecule has 186 valence electrons. The molecule has 2 aliphatic heterocycles. The Balaban J connectivity index is 1.33. The second-order valence-electron chi connectivity index (χ2n) is 8.42. The first-order chi connectivity index (χ1) is 17.1. The SMILES string of the molecule is Cc1cc(F)c2c(c1)NC(=O)c1cc(N3CCN(C(=O)c4ccccc4C(F)(F)F)CC3)nnc1O2. The number of hydrogen-bond acceptors (Lipinski definition) is 6. The number of rotatable bonds is 2. The molecular weight excluding hydrogens is 482 g/mol. The van der Waals surface area contributed by atoms with Crippen LogP contribution in [-0.4, -0.2) is 53.1 Å². The van der Waals surface area contributed by atoms with Gasteiger partial charge in [0.25, 0.3) is 17.7 Å². The van der Waals surface area contributed by atoms with Gasteiger partial charge in [-0.1, -0.05) is 12.1 Å². The van der Waals surface area contributed by atoms with E-state index in [1.165, 1.54) is 29.2 Å². The summed E-state index contributed by atoms with van der Waals surface area (Å²) >= 11 is 0. The van der Waals surface area contributed by atoms with E-state index in [2.05, 4.69) is 15.5 Å². The zero-order chi connectivity index (χ0) is 25.6. The number of anilines is 2. The number of amides is 2. The molecule has 0 saturated carbocycles. The molecule has 5 rings (SSSR count). The number of benzene rings is 2. The van der Waals surface area contributed by atoms with E-state index in [9.17, 15) is 27.2 Å². The molecule has 0 bridgehead atoms. The normalized spacial score (nSPS) is 15.4. The molecule has 12 heteroatoms. The van der Waals surface area contributed by atoms with Gasteiger partial charge >= 0.3 is 6.18 Å². The van der Waals surface area contributed by atoms with Gasteiger partial charge in [-0.15, -0.1) is 10.2 Å². The highest BCUT2D eigenvalue weighted by atomic mass is 19.4. The molecule has 2 aromatic carbocycles. The van der Waals surface area contributed by atoms with Gasteiger partial charge in [0.2, 0.25) is 0 Å². The molecule has 1 aromatic heterocycles. The molecule has 0 radical (unpaired) electrons. The summed E-state index contributed by atoms with van der Waals surface area (Å²) in [4.78, 5) is 28.7. The molecule has 3 heterocycles. The number of alkyl halides is 3. The average molecular weight is 501 g/mol. The first-order valence-electron chi connectivity index (χ1n) is 11.0. The molecule has 3 aromatic rings. The number of fused-ring (bicyclic) bond motifs is 2. The van der Waals surface area contributed by atoms with Crippen molar-refractivity contribution in [1.82, 2.24) is 15.1 Å². The molecule has 1 N–H and O–H groups in total. The number of carbonyl (C=O) groups is 2. The lowest BCUT2D eigenvalue weighted by molar-refractivity contribution is -0.138. The molecule has 2 aliphatic rings. The highest BCUT2D eigenvalue weighted by Crippen LogP contribution is 2.38. The highest BCUT2D eigenvalue weighted by Gasteiger charge is 2.36. The lowest BCUT2D eigenvalue weighted by Crippen LogP contribution is -2.49. The Morgan fingerprint density at radius 3 is 2.50 bits per heavy atom. The number of aryl methyl sites for hydroxylation is 1. The summed E-state index contributed by atoms with van der Waals surface area (Å²) in [7, 11) is 0. The molecule has 36 heavy (non-hydrogen) atoms. The summed E-state index contributed by atoms with van der Waals surface area (Å²) in [6.07, 6.45) is -4.64. The van der Waals surface area contributed by atoms with Crippen molar-refractivity contribution < 1.29 is 31.9 Å². The van der Waals surface area contributed by atoms with E-state index >= 15 is 0 Å². The molecule has 0 atom stereocenters. The summed E-state index contributed by atoms with van der Waals surface area (Å²) in [5, 5.41) is 10.7. The number of halogens is 4. The molecule has 1 saturated heterocycles. The minimum absolute atomic E-state index is 0.0471. The van der Waals surface area contributed by atoms with Crippen molar-refractivity contribution in [3.05, 3.63) is 70.5 Å². The van der Waals surface area contributed by atoms with Crippen molar-refractivity contribution >= 4 is 23.3 Å². The van der Waals surface area contributed by atoms with Gasteiger partial charge in [0.15, 0.2) is 17.4 Å². The lowest BCUT2D eigenvalue weighted by Gasteiger charge is -2.35. The molecule has 0 unspecified atom stereocenters. The van der Waals surface area contributed by atoms with Gasteiger partial charge in [-0.05, 0) is 36.8 Å². The van der Waals surface area contributed by atoms with Crippen molar-refractivity contribution in [2.75, 3.05) is 36.4 Å². The average Bonchev–Trinajstić information content (AvgIpc) is 2.99. The fourth-order valence-corrected chi connectivity index (χ4v) is 4.20. The molecule has 0 spiro atoms. The Hall–Kier alpha value is -4.22. The zero-order valence-corrected chi connectivity index (χ0v) is 18.9. The van der Waals surface area contributed by atoms with Gasteiger partial charge < -0.3 is 19.9 Å². The summed E-state index contributed by atoms with van der Waals surface area (Å²) in [6.45, 7) is 2.47. The maximum Gasteiger partial charge on any atom is 0.417 e. The van der Waals surface area contributed by atoms with Crippen LogP contribution in [0.2, 0.25) is 0 Å². The Labute approximate surface area is 202 Å². The minimum Gasteiger partial charge on any atom is -0.432 e. The zero-order valence-electron chi connectivity index (χ0n) is 18.9. The van der Waals surface area contributed by atoms with E-state index in [-0.39, 0.29) is 49.1 Å². The number of aromatic nitrogens is 2. The fraction of sp³-hybridized carbons (Fsp3) is 0.250. The van der Waals surface area contributed by atoms with Crippen LogP contribution in [0, 0.1) is 12.7 Å². The molecule has 1 fully saturated rings. The largest absolute Gasteiger partial charge is 0.432 e. The van der Waals surface area contributed by atoms with Crippen LogP contribution in [0.3, 0.4) is 0 Å². The lowest BCUT2D eigenvalue weighted by atomic mass is 10.1. The van der Waals surface area contributed by atoms with Gasteiger partial charge in [-0.3, -0.25) is 9.59 Å². The summed E-state index contributed by atoms with van der Waals surface area (Å²) in [5.41, 5.74) is -0.570. The number of carbonyl (C=O) groups excluding carboxylic acids is 2. The predicted molar refractivity (Wildman–Crippen MR) is 121 cm³/mol. The van der Waals surface area contributed by atoms with Gasteiger partial charge in [0.05, 0.1) is 16.8 Å². The number of hydrogen-bond donors (Lipinski definition) is 1. The summed E-state index contributed by atoms with van der Waals surface area (Å²) in [5.74, 6) is -1.92. The van der Waals surface area contributed by atoms with Crippen LogP contribution in [0.1, 0.15) is 31.8 Å². The van der Waals surface area contributed by atoms with Crippen LogP contribution in [-0.2, 0) is 6.18 Å². The third-order valence-electron chi connectivity index (χ3n) is 5.98. The van der Waals surface area contributed by atoms with Crippen molar-refractivity contribution in [3.63, 3.8) is 0 Å². The third-order valence-corrected chi connectivity index (χ3v) is 5.98. The highest BCUT2D eigenvalue weighted by molar-refractivity contribution is 6.08.